The van der Waals surface area contributed by atoms with E-state index in [1.54, 1.807) is 19.1 Å². The number of rotatable bonds is 5. The van der Waals surface area contributed by atoms with Gasteiger partial charge in [0.05, 0.1) is 18.4 Å². The van der Waals surface area contributed by atoms with Crippen LogP contribution in [-0.2, 0) is 6.54 Å². The molecule has 2 aromatic rings. The zero-order valence-corrected chi connectivity index (χ0v) is 10.3. The van der Waals surface area contributed by atoms with Crippen molar-refractivity contribution in [1.82, 2.24) is 9.78 Å². The predicted octanol–water partition coefficient (Wildman–Crippen LogP) is 2.21. The topological polar surface area (TPSA) is 97.4 Å². The zero-order chi connectivity index (χ0) is 13.8. The van der Waals surface area contributed by atoms with Crippen LogP contribution in [0.4, 0.5) is 10.5 Å². The first-order valence-electron chi connectivity index (χ1n) is 5.72. The number of aromatic nitrogens is 2. The van der Waals surface area contributed by atoms with Crippen LogP contribution in [0.1, 0.15) is 29.7 Å². The van der Waals surface area contributed by atoms with Crippen molar-refractivity contribution in [3.05, 3.63) is 36.0 Å². The first kappa shape index (κ1) is 12.9. The molecule has 0 atom stereocenters. The highest BCUT2D eigenvalue weighted by molar-refractivity contribution is 5.93. The molecule has 0 aromatic carbocycles. The van der Waals surface area contributed by atoms with Crippen molar-refractivity contribution < 1.29 is 19.1 Å². The lowest BCUT2D eigenvalue weighted by atomic mass is 10.2. The van der Waals surface area contributed by atoms with Crippen molar-refractivity contribution in [2.45, 2.75) is 19.9 Å². The Morgan fingerprint density at radius 1 is 1.47 bits per heavy atom. The summed E-state index contributed by atoms with van der Waals surface area (Å²) in [5.74, 6) is 0.857. The number of anilines is 1. The van der Waals surface area contributed by atoms with Gasteiger partial charge in [-0.1, -0.05) is 6.92 Å². The van der Waals surface area contributed by atoms with Gasteiger partial charge in [-0.2, -0.15) is 5.10 Å². The summed E-state index contributed by atoms with van der Waals surface area (Å²) in [5, 5.41) is 14.7. The Hall–Kier alpha value is -2.57. The molecule has 100 valence electrons. The molecular formula is C12H13N3O4. The monoisotopic (exact) mass is 263 g/mol. The Morgan fingerprint density at radius 2 is 2.26 bits per heavy atom. The third kappa shape index (κ3) is 3.21. The van der Waals surface area contributed by atoms with Gasteiger partial charge in [-0.05, 0) is 12.1 Å². The van der Waals surface area contributed by atoms with Crippen LogP contribution in [0, 0.1) is 0 Å². The van der Waals surface area contributed by atoms with Crippen molar-refractivity contribution >= 4 is 17.6 Å². The fraction of sp³-hybridized carbons (Fsp3) is 0.250. The summed E-state index contributed by atoms with van der Waals surface area (Å²) < 4.78 is 6.90. The number of carbonyl (C=O) groups is 2. The quantitative estimate of drug-likeness (QED) is 0.806. The van der Waals surface area contributed by atoms with Crippen LogP contribution in [0.15, 0.2) is 28.9 Å². The molecule has 2 aromatic heterocycles. The van der Waals surface area contributed by atoms with Crippen molar-refractivity contribution in [3.8, 4) is 0 Å². The van der Waals surface area contributed by atoms with Crippen molar-refractivity contribution in [1.29, 1.82) is 0 Å². The summed E-state index contributed by atoms with van der Waals surface area (Å²) in [5.41, 5.74) is 0.379. The summed E-state index contributed by atoms with van der Waals surface area (Å²) in [6.07, 6.45) is 2.18. The zero-order valence-electron chi connectivity index (χ0n) is 10.3. The fourth-order valence-electron chi connectivity index (χ4n) is 1.58. The third-order valence-corrected chi connectivity index (χ3v) is 2.46. The molecule has 2 N–H and O–H groups in total. The first-order chi connectivity index (χ1) is 9.08. The molecule has 1 amide bonds. The Balaban J connectivity index is 2.04. The molecule has 0 spiro atoms. The average molecular weight is 263 g/mol. The molecular weight excluding hydrogens is 250 g/mol. The highest BCUT2D eigenvalue weighted by Gasteiger charge is 2.10. The number of furan rings is 1. The molecule has 0 aliphatic carbocycles. The average Bonchev–Trinajstić information content (AvgIpc) is 2.98. The maximum absolute atomic E-state index is 11.4. The number of nitrogens with one attached hydrogen (secondary N) is 1. The highest BCUT2D eigenvalue weighted by Crippen LogP contribution is 2.12. The Kier molecular flexibility index (Phi) is 3.65. The van der Waals surface area contributed by atoms with Gasteiger partial charge in [-0.15, -0.1) is 0 Å². The van der Waals surface area contributed by atoms with Gasteiger partial charge in [0.15, 0.2) is 11.5 Å². The molecule has 0 radical (unpaired) electrons. The molecule has 0 bridgehead atoms. The van der Waals surface area contributed by atoms with Crippen LogP contribution in [0.2, 0.25) is 0 Å². The van der Waals surface area contributed by atoms with Crippen molar-refractivity contribution in [3.63, 3.8) is 0 Å². The smallest absolute Gasteiger partial charge is 0.409 e. The van der Waals surface area contributed by atoms with Crippen molar-refractivity contribution in [2.24, 2.45) is 0 Å². The van der Waals surface area contributed by atoms with E-state index < -0.39 is 6.09 Å². The highest BCUT2D eigenvalue weighted by atomic mass is 16.4. The molecule has 7 heteroatoms. The van der Waals surface area contributed by atoms with E-state index in [1.807, 2.05) is 0 Å². The van der Waals surface area contributed by atoms with E-state index in [0.29, 0.717) is 30.2 Å². The minimum Gasteiger partial charge on any atom is -0.465 e. The number of ketones is 1. The maximum atomic E-state index is 11.4. The predicted molar refractivity (Wildman–Crippen MR) is 66.3 cm³/mol. The van der Waals surface area contributed by atoms with E-state index in [9.17, 15) is 9.59 Å². The second-order valence-corrected chi connectivity index (χ2v) is 3.90. The van der Waals surface area contributed by atoms with E-state index >= 15 is 0 Å². The normalized spacial score (nSPS) is 10.4. The Labute approximate surface area is 108 Å². The number of carbonyl (C=O) groups excluding carboxylic acids is 1. The Morgan fingerprint density at radius 3 is 2.95 bits per heavy atom. The molecule has 19 heavy (non-hydrogen) atoms. The van der Waals surface area contributed by atoms with E-state index in [1.165, 1.54) is 17.1 Å². The second-order valence-electron chi connectivity index (χ2n) is 3.90. The number of amides is 1. The molecule has 0 unspecified atom stereocenters. The van der Waals surface area contributed by atoms with Gasteiger partial charge in [0, 0.05) is 12.6 Å². The van der Waals surface area contributed by atoms with E-state index in [4.69, 9.17) is 9.52 Å². The maximum Gasteiger partial charge on any atom is 0.409 e. The van der Waals surface area contributed by atoms with Gasteiger partial charge in [0.2, 0.25) is 0 Å². The number of carboxylic acid groups (broad SMARTS) is 1. The molecule has 2 rings (SSSR count). The first-order valence-corrected chi connectivity index (χ1v) is 5.72. The van der Waals surface area contributed by atoms with Crippen LogP contribution in [0.25, 0.3) is 0 Å². The molecule has 0 fully saturated rings. The third-order valence-electron chi connectivity index (χ3n) is 2.46. The van der Waals surface area contributed by atoms with Gasteiger partial charge >= 0.3 is 6.09 Å². The summed E-state index contributed by atoms with van der Waals surface area (Å²) in [6, 6.07) is 3.33. The number of nitrogens with zero attached hydrogens (tertiary/aromatic N) is 2. The molecule has 0 aliphatic rings. The summed E-state index contributed by atoms with van der Waals surface area (Å²) >= 11 is 0. The van der Waals surface area contributed by atoms with Crippen LogP contribution in [0.5, 0.6) is 0 Å². The number of Topliss-reactive ketones (excluding diaryl/α,β-unsaturated/α-hetero) is 1. The molecule has 7 nitrogen and oxygen atoms in total. The van der Waals surface area contributed by atoms with Crippen LogP contribution < -0.4 is 5.32 Å². The van der Waals surface area contributed by atoms with Gasteiger partial charge in [-0.3, -0.25) is 14.8 Å². The fourth-order valence-corrected chi connectivity index (χ4v) is 1.58. The van der Waals surface area contributed by atoms with Crippen LogP contribution >= 0.6 is 0 Å². The minimum absolute atomic E-state index is 0.0556. The Bertz CT molecular complexity index is 600. The summed E-state index contributed by atoms with van der Waals surface area (Å²) in [4.78, 5) is 21.9. The summed E-state index contributed by atoms with van der Waals surface area (Å²) in [7, 11) is 0. The molecule has 0 saturated heterocycles. The minimum atomic E-state index is -1.15. The van der Waals surface area contributed by atoms with E-state index in [2.05, 4.69) is 10.4 Å². The SMILES string of the molecule is CCC(=O)c1ccc(Cn2cc(NC(=O)O)cn2)o1. The van der Waals surface area contributed by atoms with Gasteiger partial charge in [-0.25, -0.2) is 4.79 Å². The van der Waals surface area contributed by atoms with Gasteiger partial charge in [0.25, 0.3) is 0 Å². The van der Waals surface area contributed by atoms with E-state index in [0.717, 1.165) is 0 Å². The largest absolute Gasteiger partial charge is 0.465 e. The second kappa shape index (κ2) is 5.38. The lowest BCUT2D eigenvalue weighted by Gasteiger charge is -1.97. The standard InChI is InChI=1S/C12H13N3O4/c1-2-10(16)11-4-3-9(19-11)7-15-6-8(5-13-15)14-12(17)18/h3-6,14H,2,7H2,1H3,(H,17,18). The van der Waals surface area contributed by atoms with Gasteiger partial charge in [0.1, 0.15) is 5.76 Å². The molecule has 0 saturated carbocycles. The van der Waals surface area contributed by atoms with Crippen LogP contribution in [0.3, 0.4) is 0 Å². The lowest BCUT2D eigenvalue weighted by Crippen LogP contribution is -2.06. The number of hydrogen-bond donors (Lipinski definition) is 2. The van der Waals surface area contributed by atoms with Crippen LogP contribution in [-0.4, -0.2) is 26.8 Å². The summed E-state index contributed by atoms with van der Waals surface area (Å²) in [6.45, 7) is 2.10. The molecule has 2 heterocycles. The van der Waals surface area contributed by atoms with E-state index in [-0.39, 0.29) is 5.78 Å². The van der Waals surface area contributed by atoms with Crippen molar-refractivity contribution in [2.75, 3.05) is 5.32 Å². The number of hydrogen-bond acceptors (Lipinski definition) is 4. The lowest BCUT2D eigenvalue weighted by molar-refractivity contribution is 0.0959. The van der Waals surface area contributed by atoms with Gasteiger partial charge < -0.3 is 9.52 Å². The molecule has 0 aliphatic heterocycles.